The van der Waals surface area contributed by atoms with Gasteiger partial charge >= 0.3 is 6.09 Å². The van der Waals surface area contributed by atoms with Gasteiger partial charge in [0.05, 0.1) is 7.11 Å². The first kappa shape index (κ1) is 24.9. The molecule has 1 aromatic rings. The molecule has 0 aliphatic carbocycles. The Hall–Kier alpha value is -1.33. The van der Waals surface area contributed by atoms with E-state index in [9.17, 15) is 4.79 Å². The van der Waals surface area contributed by atoms with Crippen molar-refractivity contribution in [3.8, 4) is 0 Å². The first-order valence-corrected chi connectivity index (χ1v) is 14.2. The second-order valence-electron chi connectivity index (χ2n) is 11.4. The van der Waals surface area contributed by atoms with Gasteiger partial charge in [0.2, 0.25) is 0 Å². The zero-order chi connectivity index (χ0) is 22.7. The highest BCUT2D eigenvalue weighted by molar-refractivity contribution is 6.74. The highest BCUT2D eigenvalue weighted by Gasteiger charge is 2.39. The zero-order valence-electron chi connectivity index (χ0n) is 20.7. The summed E-state index contributed by atoms with van der Waals surface area (Å²) in [6.45, 7) is 19.7. The van der Waals surface area contributed by atoms with E-state index in [1.807, 2.05) is 4.90 Å². The number of amides is 1. The van der Waals surface area contributed by atoms with Gasteiger partial charge in [0.15, 0.2) is 8.32 Å². The minimum atomic E-state index is -1.76. The lowest BCUT2D eigenvalue weighted by Gasteiger charge is -2.41. The van der Waals surface area contributed by atoms with Gasteiger partial charge in [-0.3, -0.25) is 0 Å². The molecule has 30 heavy (non-hydrogen) atoms. The Bertz CT molecular complexity index is 701. The molecular formula is C25H43NO3Si. The molecule has 1 amide bonds. The predicted molar refractivity (Wildman–Crippen MR) is 128 cm³/mol. The third-order valence-corrected chi connectivity index (χ3v) is 11.5. The summed E-state index contributed by atoms with van der Waals surface area (Å²) in [6, 6.07) is 9.02. The maximum absolute atomic E-state index is 12.4. The molecule has 1 aliphatic heterocycles. The monoisotopic (exact) mass is 433 g/mol. The van der Waals surface area contributed by atoms with Gasteiger partial charge in [-0.2, -0.15) is 0 Å². The fourth-order valence-electron chi connectivity index (χ4n) is 3.79. The fourth-order valence-corrected chi connectivity index (χ4v) is 4.88. The number of piperidine rings is 1. The quantitative estimate of drug-likeness (QED) is 0.505. The summed E-state index contributed by atoms with van der Waals surface area (Å²) >= 11 is 0. The fraction of sp³-hybridized carbons (Fsp3) is 0.720. The number of likely N-dealkylation sites (tertiary alicyclic amines) is 1. The van der Waals surface area contributed by atoms with Crippen LogP contribution >= 0.6 is 0 Å². The van der Waals surface area contributed by atoms with Crippen LogP contribution in [0.5, 0.6) is 0 Å². The van der Waals surface area contributed by atoms with Gasteiger partial charge in [-0.05, 0) is 59.9 Å². The minimum absolute atomic E-state index is 0.146. The molecule has 0 spiro atoms. The Balaban J connectivity index is 2.09. The van der Waals surface area contributed by atoms with E-state index in [1.165, 1.54) is 18.2 Å². The number of hydrogen-bond donors (Lipinski definition) is 0. The molecule has 5 heteroatoms. The van der Waals surface area contributed by atoms with Gasteiger partial charge in [-0.15, -0.1) is 0 Å². The van der Waals surface area contributed by atoms with Crippen molar-refractivity contribution in [3.63, 3.8) is 0 Å². The zero-order valence-corrected chi connectivity index (χ0v) is 21.7. The smallest absolute Gasteiger partial charge is 0.409 e. The van der Waals surface area contributed by atoms with E-state index in [2.05, 4.69) is 78.9 Å². The number of carbonyl (C=O) groups is 1. The van der Waals surface area contributed by atoms with E-state index >= 15 is 0 Å². The summed E-state index contributed by atoms with van der Waals surface area (Å²) in [6.07, 6.45) is 2.58. The van der Waals surface area contributed by atoms with Crippen LogP contribution in [0.1, 0.15) is 65.5 Å². The van der Waals surface area contributed by atoms with Crippen molar-refractivity contribution in [2.24, 2.45) is 5.92 Å². The molecule has 0 bridgehead atoms. The molecule has 1 saturated heterocycles. The average Bonchev–Trinajstić information content (AvgIpc) is 2.65. The van der Waals surface area contributed by atoms with E-state index in [0.717, 1.165) is 32.4 Å². The molecule has 0 radical (unpaired) electrons. The van der Waals surface area contributed by atoms with E-state index in [0.29, 0.717) is 5.92 Å². The molecule has 0 aromatic heterocycles. The third-order valence-electron chi connectivity index (χ3n) is 7.01. The summed E-state index contributed by atoms with van der Waals surface area (Å²) in [4.78, 5) is 14.3. The Morgan fingerprint density at radius 3 is 2.20 bits per heavy atom. The Labute approximate surface area is 185 Å². The van der Waals surface area contributed by atoms with Crippen LogP contribution in [0.4, 0.5) is 4.79 Å². The lowest BCUT2D eigenvalue weighted by molar-refractivity contribution is 0.0630. The standard InChI is InChI=1S/C25H43NO3Si/c1-24(2,3)21-12-10-19(11-13-21)16-22-17-20(14-15-26(22)23(27)28-7)18-29-30(8,9)25(4,5)6/h10-13,20,22H,14-18H2,1-9H3. The van der Waals surface area contributed by atoms with Crippen molar-refractivity contribution >= 4 is 14.4 Å². The van der Waals surface area contributed by atoms with Crippen LogP contribution in [0.3, 0.4) is 0 Å². The van der Waals surface area contributed by atoms with Crippen molar-refractivity contribution in [3.05, 3.63) is 35.4 Å². The Kier molecular flexibility index (Phi) is 7.84. The van der Waals surface area contributed by atoms with Gasteiger partial charge in [0.25, 0.3) is 0 Å². The van der Waals surface area contributed by atoms with Crippen LogP contribution in [0.25, 0.3) is 0 Å². The second kappa shape index (κ2) is 9.43. The van der Waals surface area contributed by atoms with Crippen molar-refractivity contribution in [2.45, 2.75) is 90.4 Å². The number of rotatable bonds is 5. The summed E-state index contributed by atoms with van der Waals surface area (Å²) in [5.74, 6) is 0.485. The van der Waals surface area contributed by atoms with E-state index < -0.39 is 8.32 Å². The molecule has 1 aliphatic rings. The van der Waals surface area contributed by atoms with Gasteiger partial charge in [-0.1, -0.05) is 65.8 Å². The van der Waals surface area contributed by atoms with E-state index in [1.54, 1.807) is 0 Å². The van der Waals surface area contributed by atoms with E-state index in [-0.39, 0.29) is 22.6 Å². The molecule has 2 unspecified atom stereocenters. The summed E-state index contributed by atoms with van der Waals surface area (Å²) in [7, 11) is -0.284. The van der Waals surface area contributed by atoms with Crippen LogP contribution in [0.15, 0.2) is 24.3 Å². The summed E-state index contributed by atoms with van der Waals surface area (Å²) in [5.41, 5.74) is 2.75. The molecular weight excluding hydrogens is 390 g/mol. The summed E-state index contributed by atoms with van der Waals surface area (Å²) in [5, 5.41) is 0.216. The number of ether oxygens (including phenoxy) is 1. The average molecular weight is 434 g/mol. The molecule has 1 aromatic carbocycles. The topological polar surface area (TPSA) is 38.8 Å². The van der Waals surface area contributed by atoms with Gasteiger partial charge in [-0.25, -0.2) is 4.79 Å². The predicted octanol–water partition coefficient (Wildman–Crippen LogP) is 6.40. The number of carbonyl (C=O) groups excluding carboxylic acids is 1. The number of nitrogens with zero attached hydrogens (tertiary/aromatic N) is 1. The summed E-state index contributed by atoms with van der Waals surface area (Å²) < 4.78 is 11.6. The van der Waals surface area contributed by atoms with Crippen molar-refractivity contribution in [1.82, 2.24) is 4.90 Å². The van der Waals surface area contributed by atoms with Gasteiger partial charge in [0.1, 0.15) is 0 Å². The highest BCUT2D eigenvalue weighted by atomic mass is 28.4. The Morgan fingerprint density at radius 1 is 1.10 bits per heavy atom. The molecule has 0 N–H and O–H groups in total. The lowest BCUT2D eigenvalue weighted by atomic mass is 9.85. The highest BCUT2D eigenvalue weighted by Crippen LogP contribution is 2.37. The van der Waals surface area contributed by atoms with Crippen molar-refractivity contribution in [1.29, 1.82) is 0 Å². The molecule has 4 nitrogen and oxygen atoms in total. The van der Waals surface area contributed by atoms with Crippen LogP contribution in [-0.4, -0.2) is 45.6 Å². The molecule has 2 atom stereocenters. The van der Waals surface area contributed by atoms with E-state index in [4.69, 9.17) is 9.16 Å². The maximum Gasteiger partial charge on any atom is 0.409 e. The largest absolute Gasteiger partial charge is 0.453 e. The van der Waals surface area contributed by atoms with Crippen molar-refractivity contribution in [2.75, 3.05) is 20.3 Å². The number of methoxy groups -OCH3 is 1. The molecule has 1 heterocycles. The van der Waals surface area contributed by atoms with Gasteiger partial charge in [0, 0.05) is 19.2 Å². The third kappa shape index (κ3) is 6.33. The normalized spacial score (nSPS) is 20.9. The lowest BCUT2D eigenvalue weighted by Crippen LogP contribution is -2.49. The maximum atomic E-state index is 12.4. The van der Waals surface area contributed by atoms with Crippen LogP contribution < -0.4 is 0 Å². The molecule has 0 saturated carbocycles. The molecule has 2 rings (SSSR count). The van der Waals surface area contributed by atoms with Crippen LogP contribution in [-0.2, 0) is 21.0 Å². The van der Waals surface area contributed by atoms with Gasteiger partial charge < -0.3 is 14.1 Å². The van der Waals surface area contributed by atoms with Crippen molar-refractivity contribution < 1.29 is 14.0 Å². The number of benzene rings is 1. The Morgan fingerprint density at radius 2 is 1.70 bits per heavy atom. The molecule has 1 fully saturated rings. The first-order chi connectivity index (χ1) is 13.7. The first-order valence-electron chi connectivity index (χ1n) is 11.3. The van der Waals surface area contributed by atoms with Crippen LogP contribution in [0.2, 0.25) is 18.1 Å². The number of hydrogen-bond acceptors (Lipinski definition) is 3. The minimum Gasteiger partial charge on any atom is -0.453 e. The second-order valence-corrected chi connectivity index (χ2v) is 16.2. The van der Waals surface area contributed by atoms with Crippen LogP contribution in [0, 0.1) is 5.92 Å². The SMILES string of the molecule is COC(=O)N1CCC(CO[Si](C)(C)C(C)(C)C)CC1Cc1ccc(C(C)(C)C)cc1. The molecule has 170 valence electrons.